The molecule has 2 aliphatic heterocycles. The van der Waals surface area contributed by atoms with E-state index in [1.54, 1.807) is 0 Å². The van der Waals surface area contributed by atoms with Crippen molar-refractivity contribution in [2.45, 2.75) is 76.1 Å². The Morgan fingerprint density at radius 3 is 2.49 bits per heavy atom. The fourth-order valence-corrected chi connectivity index (χ4v) is 7.38. The van der Waals surface area contributed by atoms with E-state index < -0.39 is 24.5 Å². The van der Waals surface area contributed by atoms with Gasteiger partial charge in [-0.3, -0.25) is 14.2 Å². The second kappa shape index (κ2) is 10.7. The Labute approximate surface area is 239 Å². The number of cyclic esters (lactones) is 1. The van der Waals surface area contributed by atoms with Crippen molar-refractivity contribution in [3.63, 3.8) is 0 Å². The maximum atomic E-state index is 14.1. The van der Waals surface area contributed by atoms with Gasteiger partial charge in [0.05, 0.1) is 11.6 Å². The van der Waals surface area contributed by atoms with Crippen molar-refractivity contribution in [2.75, 3.05) is 13.2 Å². The van der Waals surface area contributed by atoms with Crippen molar-refractivity contribution in [3.8, 4) is 0 Å². The van der Waals surface area contributed by atoms with Crippen LogP contribution in [0.2, 0.25) is 0 Å². The molecule has 1 saturated carbocycles. The molecule has 3 atom stereocenters. The van der Waals surface area contributed by atoms with Gasteiger partial charge in [-0.05, 0) is 81.2 Å². The highest BCUT2D eigenvalue weighted by molar-refractivity contribution is 5.99. The molecule has 3 aromatic rings. The number of rotatable bonds is 7. The normalized spacial score (nSPS) is 26.1. The van der Waals surface area contributed by atoms with Crippen LogP contribution in [0.25, 0.3) is 10.9 Å². The van der Waals surface area contributed by atoms with E-state index in [1.165, 1.54) is 0 Å². The summed E-state index contributed by atoms with van der Waals surface area (Å²) in [6, 6.07) is 16.6. The zero-order valence-corrected chi connectivity index (χ0v) is 23.7. The number of hydrogen-bond acceptors (Lipinski definition) is 5. The maximum Gasteiger partial charge on any atom is 0.357 e. The summed E-state index contributed by atoms with van der Waals surface area (Å²) in [5, 5.41) is 0.886. The average molecular weight is 560 g/mol. The molecule has 216 valence electrons. The van der Waals surface area contributed by atoms with Gasteiger partial charge in [0.1, 0.15) is 12.4 Å². The van der Waals surface area contributed by atoms with Crippen LogP contribution in [0.15, 0.2) is 54.6 Å². The van der Waals surface area contributed by atoms with Crippen LogP contribution in [0.5, 0.6) is 0 Å². The van der Waals surface area contributed by atoms with E-state index >= 15 is 0 Å². The number of halogens is 1. The Hall–Kier alpha value is -3.52. The van der Waals surface area contributed by atoms with Gasteiger partial charge in [-0.2, -0.15) is 0 Å². The average Bonchev–Trinajstić information content (AvgIpc) is 3.65. The van der Waals surface area contributed by atoms with E-state index in [4.69, 9.17) is 10.5 Å². The first-order valence-corrected chi connectivity index (χ1v) is 14.8. The van der Waals surface area contributed by atoms with Crippen LogP contribution >= 0.6 is 0 Å². The van der Waals surface area contributed by atoms with Gasteiger partial charge in [-0.1, -0.05) is 36.4 Å². The van der Waals surface area contributed by atoms with E-state index in [0.29, 0.717) is 25.1 Å². The van der Waals surface area contributed by atoms with E-state index in [-0.39, 0.29) is 41.8 Å². The molecule has 1 aliphatic carbocycles. The highest BCUT2D eigenvalue weighted by Gasteiger charge is 2.44. The zero-order chi connectivity index (χ0) is 28.9. The molecule has 3 aliphatic rings. The Balaban J connectivity index is 1.25. The summed E-state index contributed by atoms with van der Waals surface area (Å²) in [4.78, 5) is 42.2. The number of ether oxygens (including phenoxy) is 1. The summed E-state index contributed by atoms with van der Waals surface area (Å²) < 4.78 is 20.5. The Morgan fingerprint density at radius 2 is 1.78 bits per heavy atom. The lowest BCUT2D eigenvalue weighted by atomic mass is 9.78. The molecule has 8 heteroatoms. The topological polar surface area (TPSA) is 94.6 Å². The van der Waals surface area contributed by atoms with Gasteiger partial charge in [0.15, 0.2) is 11.5 Å². The van der Waals surface area contributed by atoms with Crippen molar-refractivity contribution in [3.05, 3.63) is 71.4 Å². The number of alkyl halides is 1. The summed E-state index contributed by atoms with van der Waals surface area (Å²) in [6.45, 7) is 3.72. The summed E-state index contributed by atoms with van der Waals surface area (Å²) in [5.74, 6) is -0.420. The number of aromatic nitrogens is 1. The van der Waals surface area contributed by atoms with Crippen molar-refractivity contribution in [1.29, 1.82) is 0 Å². The summed E-state index contributed by atoms with van der Waals surface area (Å²) in [5.41, 5.74) is 8.49. The maximum absolute atomic E-state index is 14.1. The third kappa shape index (κ3) is 4.96. The summed E-state index contributed by atoms with van der Waals surface area (Å²) in [7, 11) is 0. The second-order valence-electron chi connectivity index (χ2n) is 12.4. The van der Waals surface area contributed by atoms with E-state index in [1.807, 2.05) is 77.9 Å². The molecule has 1 saturated heterocycles. The first-order chi connectivity index (χ1) is 19.7. The van der Waals surface area contributed by atoms with Gasteiger partial charge in [0.2, 0.25) is 5.91 Å². The lowest BCUT2D eigenvalue weighted by Gasteiger charge is -2.35. The lowest BCUT2D eigenvalue weighted by molar-refractivity contribution is -0.142. The first kappa shape index (κ1) is 27.6. The number of carbonyl (C=O) groups excluding carboxylic acids is 3. The van der Waals surface area contributed by atoms with Gasteiger partial charge in [-0.15, -0.1) is 0 Å². The van der Waals surface area contributed by atoms with Crippen LogP contribution in [0.4, 0.5) is 4.39 Å². The number of benzene rings is 2. The van der Waals surface area contributed by atoms with Gasteiger partial charge in [-0.25, -0.2) is 9.18 Å². The van der Waals surface area contributed by atoms with E-state index in [9.17, 15) is 18.8 Å². The quantitative estimate of drug-likeness (QED) is 0.407. The number of ketones is 1. The molecule has 1 aromatic heterocycles. The second-order valence-corrected chi connectivity index (χ2v) is 12.4. The summed E-state index contributed by atoms with van der Waals surface area (Å²) >= 11 is 0. The number of esters is 1. The van der Waals surface area contributed by atoms with Crippen LogP contribution in [-0.2, 0) is 26.5 Å². The van der Waals surface area contributed by atoms with Gasteiger partial charge in [0, 0.05) is 36.2 Å². The minimum absolute atomic E-state index is 0.0173. The SMILES string of the molecule is CC1(C)OC(=O)c2cc3cc(CC(=O)[C@@H]4[C@@H](c5ccccc5)CCN4C(=O)C4CCC([C@H](N)CF)CC4)ccc3n21. The zero-order valence-electron chi connectivity index (χ0n) is 23.7. The number of carbonyl (C=O) groups is 3. The number of amides is 1. The van der Waals surface area contributed by atoms with Gasteiger partial charge in [0.25, 0.3) is 0 Å². The Morgan fingerprint density at radius 1 is 1.05 bits per heavy atom. The van der Waals surface area contributed by atoms with Gasteiger partial charge >= 0.3 is 5.97 Å². The Bertz CT molecular complexity index is 1470. The molecule has 6 rings (SSSR count). The highest BCUT2D eigenvalue weighted by atomic mass is 19.1. The molecule has 41 heavy (non-hydrogen) atoms. The van der Waals surface area contributed by atoms with Gasteiger partial charge < -0.3 is 15.4 Å². The molecular weight excluding hydrogens is 521 g/mol. The lowest BCUT2D eigenvalue weighted by Crippen LogP contribution is -2.47. The molecular formula is C33H38FN3O4. The molecule has 0 spiro atoms. The van der Waals surface area contributed by atoms with Crippen LogP contribution in [0.1, 0.15) is 73.5 Å². The number of nitrogens with zero attached hydrogens (tertiary/aromatic N) is 2. The third-order valence-electron chi connectivity index (χ3n) is 9.48. The Kier molecular flexibility index (Phi) is 7.22. The van der Waals surface area contributed by atoms with E-state index in [2.05, 4.69) is 0 Å². The predicted molar refractivity (Wildman–Crippen MR) is 154 cm³/mol. The number of likely N-dealkylation sites (tertiary alicyclic amines) is 1. The fraction of sp³-hybridized carbons (Fsp3) is 0.485. The van der Waals surface area contributed by atoms with Crippen LogP contribution in [0.3, 0.4) is 0 Å². The number of Topliss-reactive ketones (excluding diaryl/α,β-unsaturated/α-hetero) is 1. The van der Waals surface area contributed by atoms with Crippen molar-refractivity contribution >= 4 is 28.6 Å². The molecule has 7 nitrogen and oxygen atoms in total. The molecule has 2 fully saturated rings. The van der Waals surface area contributed by atoms with Crippen molar-refractivity contribution < 1.29 is 23.5 Å². The number of fused-ring (bicyclic) bond motifs is 3. The summed E-state index contributed by atoms with van der Waals surface area (Å²) in [6.07, 6.45) is 3.76. The molecule has 0 bridgehead atoms. The highest BCUT2D eigenvalue weighted by Crippen LogP contribution is 2.39. The largest absolute Gasteiger partial charge is 0.434 e. The minimum Gasteiger partial charge on any atom is -0.434 e. The van der Waals surface area contributed by atoms with Crippen molar-refractivity contribution in [1.82, 2.24) is 9.47 Å². The van der Waals surface area contributed by atoms with Crippen LogP contribution < -0.4 is 5.73 Å². The van der Waals surface area contributed by atoms with Crippen LogP contribution in [-0.4, -0.2) is 52.4 Å². The molecule has 2 N–H and O–H groups in total. The van der Waals surface area contributed by atoms with E-state index in [0.717, 1.165) is 41.3 Å². The molecule has 1 amide bonds. The number of hydrogen-bond donors (Lipinski definition) is 1. The fourth-order valence-electron chi connectivity index (χ4n) is 7.38. The first-order valence-electron chi connectivity index (χ1n) is 14.8. The standard InChI is InChI=1S/C33H38FN3O4/c1-33(2)37-27-13-8-20(16-24(27)18-28(37)32(40)41-33)17-29(38)30-25(21-6-4-3-5-7-21)14-15-36(30)31(39)23-11-9-22(10-12-23)26(35)19-34/h3-8,13,16,18,22-23,25-26,30H,9-12,14-15,17,19,35H2,1-2H3/t22?,23?,25-,26-,30+/m1/s1. The molecule has 2 aromatic carbocycles. The molecule has 0 radical (unpaired) electrons. The van der Waals surface area contributed by atoms with Crippen LogP contribution in [0, 0.1) is 11.8 Å². The predicted octanol–water partition coefficient (Wildman–Crippen LogP) is 5.10. The number of nitrogens with two attached hydrogens (primary N) is 1. The molecule has 0 unspecified atom stereocenters. The minimum atomic E-state index is -0.769. The van der Waals surface area contributed by atoms with Crippen molar-refractivity contribution in [2.24, 2.45) is 17.6 Å². The molecule has 3 heterocycles. The third-order valence-corrected chi connectivity index (χ3v) is 9.48. The monoisotopic (exact) mass is 559 g/mol. The smallest absolute Gasteiger partial charge is 0.357 e.